The van der Waals surface area contributed by atoms with Crippen LogP contribution in [0.15, 0.2) is 24.3 Å². The van der Waals surface area contributed by atoms with Gasteiger partial charge in [0.25, 0.3) is 0 Å². The van der Waals surface area contributed by atoms with E-state index in [1.165, 1.54) is 0 Å². The minimum absolute atomic E-state index is 0. The van der Waals surface area contributed by atoms with Crippen molar-refractivity contribution in [2.45, 2.75) is 38.8 Å². The molecule has 0 aromatic heterocycles. The molecule has 128 valence electrons. The van der Waals surface area contributed by atoms with E-state index in [-0.39, 0.29) is 24.2 Å². The molecule has 23 heavy (non-hydrogen) atoms. The van der Waals surface area contributed by atoms with Gasteiger partial charge in [-0.25, -0.2) is 0 Å². The Labute approximate surface area is 144 Å². The number of hydrogen-bond acceptors (Lipinski definition) is 3. The predicted octanol–water partition coefficient (Wildman–Crippen LogP) is 1.85. The number of amides is 2. The molecule has 0 bridgehead atoms. The Morgan fingerprint density at radius 2 is 2.00 bits per heavy atom. The molecule has 0 radical (unpaired) electrons. The molecular formula is C17H26ClN3O2. The number of rotatable bonds is 8. The average molecular weight is 340 g/mol. The van der Waals surface area contributed by atoms with Crippen LogP contribution < -0.4 is 10.6 Å². The molecule has 0 unspecified atom stereocenters. The predicted molar refractivity (Wildman–Crippen MR) is 93.3 cm³/mol. The normalized spacial score (nSPS) is 13.8. The quantitative estimate of drug-likeness (QED) is 0.710. The number of benzene rings is 1. The lowest BCUT2D eigenvalue weighted by molar-refractivity contribution is -0.128. The van der Waals surface area contributed by atoms with Crippen LogP contribution in [0.25, 0.3) is 0 Å². The van der Waals surface area contributed by atoms with E-state index in [4.69, 9.17) is 0 Å². The fourth-order valence-corrected chi connectivity index (χ4v) is 2.67. The fourth-order valence-electron chi connectivity index (χ4n) is 2.67. The van der Waals surface area contributed by atoms with Crippen LogP contribution in [0, 0.1) is 0 Å². The first-order valence-corrected chi connectivity index (χ1v) is 7.96. The molecule has 1 aromatic carbocycles. The zero-order valence-electron chi connectivity index (χ0n) is 13.6. The number of nitrogens with one attached hydrogen (secondary N) is 2. The molecule has 0 spiro atoms. The van der Waals surface area contributed by atoms with E-state index >= 15 is 0 Å². The molecular weight excluding hydrogens is 314 g/mol. The van der Waals surface area contributed by atoms with E-state index in [0.717, 1.165) is 37.1 Å². The van der Waals surface area contributed by atoms with Gasteiger partial charge in [-0.15, -0.1) is 12.4 Å². The maximum atomic E-state index is 11.8. The van der Waals surface area contributed by atoms with Crippen molar-refractivity contribution in [2.24, 2.45) is 0 Å². The van der Waals surface area contributed by atoms with Gasteiger partial charge in [-0.2, -0.15) is 0 Å². The van der Waals surface area contributed by atoms with Crippen LogP contribution in [-0.2, 0) is 22.7 Å². The van der Waals surface area contributed by atoms with Crippen LogP contribution in [-0.4, -0.2) is 36.9 Å². The van der Waals surface area contributed by atoms with Gasteiger partial charge in [-0.05, 0) is 37.6 Å². The highest BCUT2D eigenvalue weighted by Crippen LogP contribution is 2.17. The molecule has 0 atom stereocenters. The summed E-state index contributed by atoms with van der Waals surface area (Å²) >= 11 is 0. The maximum absolute atomic E-state index is 11.8. The Kier molecular flexibility index (Phi) is 8.66. The molecule has 1 aliphatic rings. The third-order valence-corrected chi connectivity index (χ3v) is 3.96. The summed E-state index contributed by atoms with van der Waals surface area (Å²) in [4.78, 5) is 25.4. The van der Waals surface area contributed by atoms with Crippen LogP contribution in [0.2, 0.25) is 0 Å². The van der Waals surface area contributed by atoms with E-state index in [1.807, 2.05) is 36.2 Å². The Morgan fingerprint density at radius 3 is 2.65 bits per heavy atom. The van der Waals surface area contributed by atoms with Gasteiger partial charge in [-0.3, -0.25) is 9.59 Å². The zero-order valence-corrected chi connectivity index (χ0v) is 14.5. The van der Waals surface area contributed by atoms with E-state index < -0.39 is 0 Å². The van der Waals surface area contributed by atoms with Gasteiger partial charge < -0.3 is 15.5 Å². The van der Waals surface area contributed by atoms with Gasteiger partial charge >= 0.3 is 0 Å². The van der Waals surface area contributed by atoms with Gasteiger partial charge in [0.15, 0.2) is 0 Å². The number of halogens is 1. The fraction of sp³-hybridized carbons (Fsp3) is 0.529. The topological polar surface area (TPSA) is 61.4 Å². The Bertz CT molecular complexity index is 522. The molecule has 2 amide bonds. The summed E-state index contributed by atoms with van der Waals surface area (Å²) in [5.41, 5.74) is 2.21. The molecule has 2 N–H and O–H groups in total. The van der Waals surface area contributed by atoms with Crippen LogP contribution in [0.4, 0.5) is 0 Å². The summed E-state index contributed by atoms with van der Waals surface area (Å²) in [6, 6.07) is 8.00. The zero-order chi connectivity index (χ0) is 15.8. The van der Waals surface area contributed by atoms with Crippen molar-refractivity contribution in [3.63, 3.8) is 0 Å². The number of carbonyl (C=O) groups is 2. The average Bonchev–Trinajstić information content (AvgIpc) is 2.92. The Hall–Kier alpha value is -1.59. The van der Waals surface area contributed by atoms with E-state index in [1.54, 1.807) is 0 Å². The second-order valence-electron chi connectivity index (χ2n) is 5.67. The number of likely N-dealkylation sites (tertiary alicyclic amines) is 1. The molecule has 1 aromatic rings. The highest BCUT2D eigenvalue weighted by molar-refractivity contribution is 5.85. The highest BCUT2D eigenvalue weighted by atomic mass is 35.5. The second-order valence-corrected chi connectivity index (χ2v) is 5.67. The summed E-state index contributed by atoms with van der Waals surface area (Å²) < 4.78 is 0. The first-order chi connectivity index (χ1) is 10.7. The summed E-state index contributed by atoms with van der Waals surface area (Å²) in [5.74, 6) is 0.299. The summed E-state index contributed by atoms with van der Waals surface area (Å²) in [6.45, 7) is 2.85. The maximum Gasteiger partial charge on any atom is 0.222 e. The third kappa shape index (κ3) is 6.20. The minimum Gasteiger partial charge on any atom is -0.352 e. The van der Waals surface area contributed by atoms with Crippen molar-refractivity contribution in [1.82, 2.24) is 15.5 Å². The van der Waals surface area contributed by atoms with Crippen molar-refractivity contribution in [3.05, 3.63) is 35.4 Å². The minimum atomic E-state index is 0. The molecule has 1 heterocycles. The Morgan fingerprint density at radius 1 is 1.26 bits per heavy atom. The van der Waals surface area contributed by atoms with Crippen LogP contribution in [0.3, 0.4) is 0 Å². The standard InChI is InChI=1S/C17H25N3O2.ClH/c1-18-10-4-8-16(21)19-12-14-6-2-3-7-15(14)13-20-11-5-9-17(20)22;/h2-3,6-7,18H,4-5,8-13H2,1H3,(H,19,21);1H. The second kappa shape index (κ2) is 10.2. The monoisotopic (exact) mass is 339 g/mol. The highest BCUT2D eigenvalue weighted by Gasteiger charge is 2.20. The van der Waals surface area contributed by atoms with E-state index in [9.17, 15) is 9.59 Å². The summed E-state index contributed by atoms with van der Waals surface area (Å²) in [7, 11) is 1.88. The molecule has 5 nitrogen and oxygen atoms in total. The lowest BCUT2D eigenvalue weighted by Crippen LogP contribution is -2.27. The molecule has 1 aliphatic heterocycles. The number of hydrogen-bond donors (Lipinski definition) is 2. The van der Waals surface area contributed by atoms with Gasteiger partial charge in [0, 0.05) is 32.5 Å². The lowest BCUT2D eigenvalue weighted by Gasteiger charge is -2.18. The van der Waals surface area contributed by atoms with Crippen molar-refractivity contribution < 1.29 is 9.59 Å². The van der Waals surface area contributed by atoms with Crippen LogP contribution in [0.5, 0.6) is 0 Å². The third-order valence-electron chi connectivity index (χ3n) is 3.96. The van der Waals surface area contributed by atoms with Crippen molar-refractivity contribution in [3.8, 4) is 0 Å². The SMILES string of the molecule is CNCCCC(=O)NCc1ccccc1CN1CCCC1=O.Cl. The molecule has 0 saturated carbocycles. The molecule has 6 heteroatoms. The molecule has 0 aliphatic carbocycles. The molecule has 1 fully saturated rings. The number of carbonyl (C=O) groups excluding carboxylic acids is 2. The summed E-state index contributed by atoms with van der Waals surface area (Å²) in [6.07, 6.45) is 2.98. The molecule has 1 saturated heterocycles. The van der Waals surface area contributed by atoms with Crippen molar-refractivity contribution >= 4 is 24.2 Å². The van der Waals surface area contributed by atoms with Crippen molar-refractivity contribution in [2.75, 3.05) is 20.1 Å². The lowest BCUT2D eigenvalue weighted by atomic mass is 10.1. The van der Waals surface area contributed by atoms with E-state index in [0.29, 0.717) is 25.9 Å². The van der Waals surface area contributed by atoms with Gasteiger partial charge in [0.1, 0.15) is 0 Å². The smallest absolute Gasteiger partial charge is 0.222 e. The first kappa shape index (κ1) is 19.5. The van der Waals surface area contributed by atoms with Gasteiger partial charge in [0.2, 0.25) is 11.8 Å². The van der Waals surface area contributed by atoms with Gasteiger partial charge in [0.05, 0.1) is 0 Å². The van der Waals surface area contributed by atoms with Crippen LogP contribution in [0.1, 0.15) is 36.8 Å². The Balaban J connectivity index is 0.00000264. The van der Waals surface area contributed by atoms with Crippen LogP contribution >= 0.6 is 12.4 Å². The van der Waals surface area contributed by atoms with Crippen molar-refractivity contribution in [1.29, 1.82) is 0 Å². The van der Waals surface area contributed by atoms with Gasteiger partial charge in [-0.1, -0.05) is 24.3 Å². The van der Waals surface area contributed by atoms with E-state index in [2.05, 4.69) is 10.6 Å². The summed E-state index contributed by atoms with van der Waals surface area (Å²) in [5, 5.41) is 6.00. The number of nitrogens with zero attached hydrogens (tertiary/aromatic N) is 1. The molecule has 2 rings (SSSR count). The first-order valence-electron chi connectivity index (χ1n) is 7.96. The largest absolute Gasteiger partial charge is 0.352 e.